The molecular weight excluding hydrogens is 309 g/mol. The van der Waals surface area contributed by atoms with Gasteiger partial charge in [0.05, 0.1) is 0 Å². The van der Waals surface area contributed by atoms with Crippen LogP contribution in [0.3, 0.4) is 0 Å². The van der Waals surface area contributed by atoms with E-state index in [1.807, 2.05) is 0 Å². The Bertz CT molecular complexity index is 149. The standard InChI is InChI=1S/FH2O3P.2Li.H3O4P.2V.2H/c1-5(2,3)4;;;1-5(2,3)4;;;;/h(H2,2,3,4);;;(H3,1,2,3,4);;;;/q;2*+1;;;;2*-1. The van der Waals surface area contributed by atoms with E-state index < -0.39 is 15.7 Å². The number of hydrogen-bond donors (Lipinski definition) is 5. The molecule has 0 atom stereocenters. The molecule has 0 spiro atoms. The molecule has 0 fully saturated rings. The van der Waals surface area contributed by atoms with Gasteiger partial charge in [-0.3, -0.25) is 9.79 Å². The zero-order chi connectivity index (χ0) is 9.00. The van der Waals surface area contributed by atoms with Crippen LogP contribution < -0.4 is 37.7 Å². The maximum Gasteiger partial charge on any atom is 1.00 e. The summed E-state index contributed by atoms with van der Waals surface area (Å²) in [5.41, 5.74) is 0. The molecule has 14 heavy (non-hydrogen) atoms. The van der Waals surface area contributed by atoms with E-state index in [0.29, 0.717) is 0 Å². The topological polar surface area (TPSA) is 135 Å². The Morgan fingerprint density at radius 2 is 0.857 bits per heavy atom. The van der Waals surface area contributed by atoms with E-state index >= 15 is 0 Å². The minimum Gasteiger partial charge on any atom is -1.00 e. The third-order valence-electron chi connectivity index (χ3n) is 0. The van der Waals surface area contributed by atoms with Crippen LogP contribution in [0.15, 0.2) is 0 Å². The summed E-state index contributed by atoms with van der Waals surface area (Å²) < 4.78 is 27.9. The molecule has 0 aliphatic heterocycles. The Morgan fingerprint density at radius 3 is 0.857 bits per heavy atom. The quantitative estimate of drug-likeness (QED) is 0.221. The van der Waals surface area contributed by atoms with Crippen molar-refractivity contribution in [2.75, 3.05) is 0 Å². The summed E-state index contributed by atoms with van der Waals surface area (Å²) in [5.74, 6) is 0. The molecule has 0 aliphatic rings. The summed E-state index contributed by atoms with van der Waals surface area (Å²) in [6, 6.07) is 0. The van der Waals surface area contributed by atoms with Gasteiger partial charge >= 0.3 is 53.5 Å². The monoisotopic (exact) mass is 316 g/mol. The Hall–Kier alpha value is 2.55. The van der Waals surface area contributed by atoms with Gasteiger partial charge in [-0.2, -0.15) is 0 Å². The molecular formula is H7FLi2O7P2V2. The molecule has 0 heterocycles. The molecule has 14 heteroatoms. The number of hydrogen-bond acceptors (Lipinski definition) is 2. The Kier molecular flexibility index (Phi) is 39.9. The van der Waals surface area contributed by atoms with Gasteiger partial charge in [-0.05, 0) is 0 Å². The van der Waals surface area contributed by atoms with Crippen molar-refractivity contribution in [2.24, 2.45) is 0 Å². The van der Waals surface area contributed by atoms with Crippen molar-refractivity contribution in [2.45, 2.75) is 0 Å². The maximum atomic E-state index is 10.4. The summed E-state index contributed by atoms with van der Waals surface area (Å²) in [6.07, 6.45) is 0. The summed E-state index contributed by atoms with van der Waals surface area (Å²) in [5, 5.41) is 0. The first-order chi connectivity index (χ1) is 4.00. The third kappa shape index (κ3) is 410. The Balaban J connectivity index is -0.00000000970. The molecule has 0 saturated heterocycles. The fourth-order valence-electron chi connectivity index (χ4n) is 0. The van der Waals surface area contributed by atoms with Crippen LogP contribution in [0.1, 0.15) is 2.85 Å². The second-order valence-corrected chi connectivity index (χ2v) is 2.96. The summed E-state index contributed by atoms with van der Waals surface area (Å²) in [4.78, 5) is 35.5. The number of rotatable bonds is 0. The molecule has 0 aromatic carbocycles. The van der Waals surface area contributed by atoms with Gasteiger partial charge in [-0.25, -0.2) is 9.13 Å². The fourth-order valence-corrected chi connectivity index (χ4v) is 0. The van der Waals surface area contributed by atoms with Crippen LogP contribution >= 0.6 is 15.7 Å². The van der Waals surface area contributed by atoms with Crippen LogP contribution in [0, 0.1) is 0 Å². The molecule has 78 valence electrons. The molecule has 0 aliphatic carbocycles. The Labute approximate surface area is 130 Å². The SMILES string of the molecule is O=P(O)(O)F.O=P(O)(O)O.[H-].[H-].[Li+].[Li+].[V].[V]. The van der Waals surface area contributed by atoms with E-state index in [9.17, 15) is 4.20 Å². The van der Waals surface area contributed by atoms with Crippen molar-refractivity contribution < 1.29 is 115 Å². The zero-order valence-electron chi connectivity index (χ0n) is 9.22. The predicted octanol–water partition coefficient (Wildman–Crippen LogP) is -6.65. The van der Waals surface area contributed by atoms with E-state index in [4.69, 9.17) is 33.6 Å². The summed E-state index contributed by atoms with van der Waals surface area (Å²) in [7, 11) is -9.78. The van der Waals surface area contributed by atoms with E-state index in [1.165, 1.54) is 0 Å². The van der Waals surface area contributed by atoms with Crippen molar-refractivity contribution in [3.05, 3.63) is 0 Å². The molecule has 0 rings (SSSR count). The third-order valence-corrected chi connectivity index (χ3v) is 0. The van der Waals surface area contributed by atoms with E-state index in [1.54, 1.807) is 0 Å². The maximum absolute atomic E-state index is 10.4. The van der Waals surface area contributed by atoms with Crippen LogP contribution in [0.5, 0.6) is 0 Å². The Morgan fingerprint density at radius 1 is 0.857 bits per heavy atom. The molecule has 0 saturated carbocycles. The normalized spacial score (nSPS) is 8.43. The first kappa shape index (κ1) is 36.0. The van der Waals surface area contributed by atoms with Gasteiger partial charge < -0.3 is 17.5 Å². The van der Waals surface area contributed by atoms with Gasteiger partial charge in [-0.1, -0.05) is 0 Å². The first-order valence-electron chi connectivity index (χ1n) is 1.53. The number of halogens is 1. The minimum atomic E-state index is -5.14. The first-order valence-corrected chi connectivity index (χ1v) is 4.60. The van der Waals surface area contributed by atoms with Crippen molar-refractivity contribution in [3.8, 4) is 0 Å². The summed E-state index contributed by atoms with van der Waals surface area (Å²) in [6.45, 7) is 0. The van der Waals surface area contributed by atoms with Crippen LogP contribution in [-0.4, -0.2) is 24.5 Å². The molecule has 2 radical (unpaired) electrons. The van der Waals surface area contributed by atoms with Crippen molar-refractivity contribution in [1.82, 2.24) is 0 Å². The van der Waals surface area contributed by atoms with Gasteiger partial charge in [0.25, 0.3) is 0 Å². The average Bonchev–Trinajstić information content (AvgIpc) is 1.12. The van der Waals surface area contributed by atoms with Gasteiger partial charge in [0, 0.05) is 37.1 Å². The van der Waals surface area contributed by atoms with E-state index in [0.717, 1.165) is 0 Å². The van der Waals surface area contributed by atoms with Gasteiger partial charge in [0.15, 0.2) is 0 Å². The van der Waals surface area contributed by atoms with Crippen molar-refractivity contribution >= 4 is 15.7 Å². The van der Waals surface area contributed by atoms with Crippen LogP contribution in [0.25, 0.3) is 0 Å². The molecule has 0 aromatic heterocycles. The number of phosphoric acid groups is 1. The second-order valence-electron chi connectivity index (χ2n) is 0.986. The predicted molar refractivity (Wildman–Crippen MR) is 29.6 cm³/mol. The smallest absolute Gasteiger partial charge is 1.00 e. The largest absolute Gasteiger partial charge is 1.00 e. The zero-order valence-corrected chi connectivity index (χ0v) is 11.8. The van der Waals surface area contributed by atoms with Gasteiger partial charge in [0.1, 0.15) is 0 Å². The fraction of sp³-hybridized carbons (Fsp3) is 0. The summed E-state index contributed by atoms with van der Waals surface area (Å²) >= 11 is 0. The second kappa shape index (κ2) is 15.6. The van der Waals surface area contributed by atoms with Crippen molar-refractivity contribution in [3.63, 3.8) is 0 Å². The average molecular weight is 316 g/mol. The molecule has 0 amide bonds. The van der Waals surface area contributed by atoms with E-state index in [-0.39, 0.29) is 77.7 Å². The molecule has 0 aromatic rings. The van der Waals surface area contributed by atoms with Gasteiger partial charge in [0.2, 0.25) is 0 Å². The molecule has 0 unspecified atom stereocenters. The minimum absolute atomic E-state index is 0. The van der Waals surface area contributed by atoms with E-state index in [2.05, 4.69) is 0 Å². The molecule has 5 N–H and O–H groups in total. The van der Waals surface area contributed by atoms with Crippen LogP contribution in [0.4, 0.5) is 4.20 Å². The molecule has 7 nitrogen and oxygen atoms in total. The van der Waals surface area contributed by atoms with Crippen molar-refractivity contribution in [1.29, 1.82) is 0 Å². The van der Waals surface area contributed by atoms with Crippen LogP contribution in [-0.2, 0) is 46.2 Å². The van der Waals surface area contributed by atoms with Crippen LogP contribution in [0.2, 0.25) is 0 Å². The van der Waals surface area contributed by atoms with Gasteiger partial charge in [-0.15, -0.1) is 4.20 Å². The molecule has 0 bridgehead atoms.